The summed E-state index contributed by atoms with van der Waals surface area (Å²) in [5.41, 5.74) is 2.81. The lowest BCUT2D eigenvalue weighted by atomic mass is 9.79. The van der Waals surface area contributed by atoms with E-state index in [1.807, 2.05) is 6.20 Å². The van der Waals surface area contributed by atoms with Crippen LogP contribution in [0.15, 0.2) is 16.7 Å². The Labute approximate surface area is 101 Å². The number of hydrogen-bond donors (Lipinski definition) is 0. The van der Waals surface area contributed by atoms with Crippen molar-refractivity contribution in [1.82, 2.24) is 4.98 Å². The van der Waals surface area contributed by atoms with E-state index in [9.17, 15) is 0 Å². The van der Waals surface area contributed by atoms with Gasteiger partial charge in [-0.25, -0.2) is 0 Å². The van der Waals surface area contributed by atoms with Crippen LogP contribution in [0, 0.1) is 18.3 Å². The number of nitrogens with zero attached hydrogens (tertiary/aromatic N) is 1. The fourth-order valence-corrected chi connectivity index (χ4v) is 1.55. The lowest BCUT2D eigenvalue weighted by molar-refractivity contribution is 0.258. The smallest absolute Gasteiger partial charge is 0.0416 e. The zero-order chi connectivity index (χ0) is 11.6. The maximum Gasteiger partial charge on any atom is 0.0416 e. The van der Waals surface area contributed by atoms with Crippen LogP contribution < -0.4 is 0 Å². The molecule has 0 saturated heterocycles. The van der Waals surface area contributed by atoms with Gasteiger partial charge in [0.2, 0.25) is 0 Å². The Kier molecular flexibility index (Phi) is 3.93. The van der Waals surface area contributed by atoms with E-state index in [2.05, 4.69) is 61.6 Å². The lowest BCUT2D eigenvalue weighted by Gasteiger charge is -2.27. The highest BCUT2D eigenvalue weighted by Gasteiger charge is 2.20. The summed E-state index contributed by atoms with van der Waals surface area (Å²) in [5, 5.41) is 0. The quantitative estimate of drug-likeness (QED) is 0.777. The number of halogens is 1. The maximum atomic E-state index is 4.45. The molecule has 1 atom stereocenters. The van der Waals surface area contributed by atoms with Gasteiger partial charge >= 0.3 is 0 Å². The standard InChI is InChI=1S/C13H20BrN/c1-9-6-11(15-8-12(9)14)7-10(2)13(3,4)5/h6,8,10H,7H2,1-5H3/t10-/m0/s1. The van der Waals surface area contributed by atoms with Gasteiger partial charge in [0.15, 0.2) is 0 Å². The topological polar surface area (TPSA) is 12.9 Å². The van der Waals surface area contributed by atoms with Gasteiger partial charge in [-0.1, -0.05) is 27.7 Å². The highest BCUT2D eigenvalue weighted by Crippen LogP contribution is 2.28. The summed E-state index contributed by atoms with van der Waals surface area (Å²) < 4.78 is 1.09. The SMILES string of the molecule is Cc1cc(C[C@H](C)C(C)(C)C)ncc1Br. The summed E-state index contributed by atoms with van der Waals surface area (Å²) >= 11 is 3.47. The molecule has 15 heavy (non-hydrogen) atoms. The molecular formula is C13H20BrN. The molecule has 1 nitrogen and oxygen atoms in total. The zero-order valence-corrected chi connectivity index (χ0v) is 11.9. The molecular weight excluding hydrogens is 250 g/mol. The Morgan fingerprint density at radius 2 is 2.00 bits per heavy atom. The number of pyridine rings is 1. The van der Waals surface area contributed by atoms with E-state index in [4.69, 9.17) is 0 Å². The fraction of sp³-hybridized carbons (Fsp3) is 0.615. The highest BCUT2D eigenvalue weighted by molar-refractivity contribution is 9.10. The average molecular weight is 270 g/mol. The van der Waals surface area contributed by atoms with Crippen molar-refractivity contribution in [3.63, 3.8) is 0 Å². The average Bonchev–Trinajstić information content (AvgIpc) is 2.10. The van der Waals surface area contributed by atoms with E-state index in [1.54, 1.807) is 0 Å². The van der Waals surface area contributed by atoms with Gasteiger partial charge in [0.05, 0.1) is 0 Å². The molecule has 1 aromatic rings. The molecule has 0 bridgehead atoms. The van der Waals surface area contributed by atoms with Crippen molar-refractivity contribution in [1.29, 1.82) is 0 Å². The van der Waals surface area contributed by atoms with Crippen LogP contribution in [0.5, 0.6) is 0 Å². The van der Waals surface area contributed by atoms with Crippen molar-refractivity contribution in [2.75, 3.05) is 0 Å². The third-order valence-corrected chi connectivity index (χ3v) is 3.93. The number of aromatic nitrogens is 1. The minimum atomic E-state index is 0.350. The first kappa shape index (κ1) is 12.7. The number of hydrogen-bond acceptors (Lipinski definition) is 1. The summed E-state index contributed by atoms with van der Waals surface area (Å²) in [6.07, 6.45) is 2.96. The predicted molar refractivity (Wildman–Crippen MR) is 69.0 cm³/mol. The largest absolute Gasteiger partial charge is 0.260 e. The van der Waals surface area contributed by atoms with E-state index >= 15 is 0 Å². The first-order valence-electron chi connectivity index (χ1n) is 5.41. The summed E-state index contributed by atoms with van der Waals surface area (Å²) in [5.74, 6) is 0.644. The van der Waals surface area contributed by atoms with Crippen molar-refractivity contribution in [3.05, 3.63) is 28.0 Å². The van der Waals surface area contributed by atoms with Crippen LogP contribution in [-0.4, -0.2) is 4.98 Å². The van der Waals surface area contributed by atoms with Gasteiger partial charge in [0, 0.05) is 16.4 Å². The first-order chi connectivity index (χ1) is 6.80. The minimum Gasteiger partial charge on any atom is -0.260 e. The van der Waals surface area contributed by atoms with Crippen LogP contribution in [0.1, 0.15) is 39.0 Å². The molecule has 0 N–H and O–H groups in total. The second kappa shape index (κ2) is 4.65. The molecule has 0 fully saturated rings. The third-order valence-electron chi connectivity index (χ3n) is 3.10. The molecule has 0 unspecified atom stereocenters. The number of rotatable bonds is 2. The Hall–Kier alpha value is -0.370. The third kappa shape index (κ3) is 3.60. The Balaban J connectivity index is 2.78. The minimum absolute atomic E-state index is 0.350. The zero-order valence-electron chi connectivity index (χ0n) is 10.3. The van der Waals surface area contributed by atoms with Crippen LogP contribution in [0.3, 0.4) is 0 Å². The van der Waals surface area contributed by atoms with Gasteiger partial charge < -0.3 is 0 Å². The monoisotopic (exact) mass is 269 g/mol. The van der Waals surface area contributed by atoms with E-state index < -0.39 is 0 Å². The van der Waals surface area contributed by atoms with Crippen LogP contribution in [0.25, 0.3) is 0 Å². The Bertz CT molecular complexity index is 339. The van der Waals surface area contributed by atoms with Gasteiger partial charge in [-0.05, 0) is 52.2 Å². The lowest BCUT2D eigenvalue weighted by Crippen LogP contribution is -2.19. The fourth-order valence-electron chi connectivity index (χ4n) is 1.33. The molecule has 1 rings (SSSR count). The van der Waals surface area contributed by atoms with Gasteiger partial charge in [-0.3, -0.25) is 4.98 Å². The van der Waals surface area contributed by atoms with Gasteiger partial charge in [0.25, 0.3) is 0 Å². The van der Waals surface area contributed by atoms with Crippen molar-refractivity contribution in [3.8, 4) is 0 Å². The van der Waals surface area contributed by atoms with Crippen molar-refractivity contribution in [2.45, 2.75) is 41.0 Å². The van der Waals surface area contributed by atoms with Gasteiger partial charge in [0.1, 0.15) is 0 Å². The van der Waals surface area contributed by atoms with Crippen LogP contribution in [0.4, 0.5) is 0 Å². The molecule has 0 saturated carbocycles. The molecule has 1 aromatic heterocycles. The Morgan fingerprint density at radius 3 is 2.47 bits per heavy atom. The molecule has 0 radical (unpaired) electrons. The Morgan fingerprint density at radius 1 is 1.40 bits per heavy atom. The van der Waals surface area contributed by atoms with E-state index in [0.717, 1.165) is 10.9 Å². The predicted octanol–water partition coefficient (Wildman–Crippen LogP) is 4.38. The second-order valence-electron chi connectivity index (χ2n) is 5.40. The van der Waals surface area contributed by atoms with E-state index in [1.165, 1.54) is 11.3 Å². The molecule has 84 valence electrons. The second-order valence-corrected chi connectivity index (χ2v) is 6.25. The van der Waals surface area contributed by atoms with Crippen LogP contribution in [0.2, 0.25) is 0 Å². The van der Waals surface area contributed by atoms with E-state index in [0.29, 0.717) is 11.3 Å². The summed E-state index contributed by atoms with van der Waals surface area (Å²) in [6, 6.07) is 2.17. The molecule has 0 aromatic carbocycles. The molecule has 0 amide bonds. The van der Waals surface area contributed by atoms with Gasteiger partial charge in [-0.15, -0.1) is 0 Å². The van der Waals surface area contributed by atoms with Crippen LogP contribution >= 0.6 is 15.9 Å². The molecule has 1 heterocycles. The molecule has 0 aliphatic carbocycles. The van der Waals surface area contributed by atoms with E-state index in [-0.39, 0.29) is 0 Å². The maximum absolute atomic E-state index is 4.45. The molecule has 0 aliphatic heterocycles. The normalized spacial score (nSPS) is 14.0. The molecule has 0 aliphatic rings. The van der Waals surface area contributed by atoms with Gasteiger partial charge in [-0.2, -0.15) is 0 Å². The number of aryl methyl sites for hydroxylation is 1. The molecule has 2 heteroatoms. The first-order valence-corrected chi connectivity index (χ1v) is 6.21. The van der Waals surface area contributed by atoms with Crippen molar-refractivity contribution in [2.24, 2.45) is 11.3 Å². The van der Waals surface area contributed by atoms with Crippen molar-refractivity contribution >= 4 is 15.9 Å². The summed E-state index contributed by atoms with van der Waals surface area (Å²) in [4.78, 5) is 4.45. The highest BCUT2D eigenvalue weighted by atomic mass is 79.9. The van der Waals surface area contributed by atoms with Crippen LogP contribution in [-0.2, 0) is 6.42 Å². The summed E-state index contributed by atoms with van der Waals surface area (Å²) in [6.45, 7) is 11.2. The molecule has 0 spiro atoms. The van der Waals surface area contributed by atoms with Crippen molar-refractivity contribution < 1.29 is 0 Å². The summed E-state index contributed by atoms with van der Waals surface area (Å²) in [7, 11) is 0.